The third kappa shape index (κ3) is 7.32. The molecule has 1 N–H and O–H groups in total. The maximum absolute atomic E-state index is 11.5. The maximum atomic E-state index is 11.5. The van der Waals surface area contributed by atoms with E-state index in [2.05, 4.69) is 17.4 Å². The molecule has 1 fully saturated rings. The minimum Gasteiger partial charge on any atom is -0.444 e. The largest absolute Gasteiger partial charge is 0.444 e. The summed E-state index contributed by atoms with van der Waals surface area (Å²) in [5.74, 6) is 0.581. The van der Waals surface area contributed by atoms with Crippen molar-refractivity contribution < 1.29 is 19.0 Å². The van der Waals surface area contributed by atoms with Gasteiger partial charge in [0.25, 0.3) is 0 Å². The summed E-state index contributed by atoms with van der Waals surface area (Å²) in [6.45, 7) is 7.97. The van der Waals surface area contributed by atoms with Gasteiger partial charge in [-0.05, 0) is 45.1 Å². The summed E-state index contributed by atoms with van der Waals surface area (Å²) in [4.78, 5) is 11.5. The lowest BCUT2D eigenvalue weighted by Crippen LogP contribution is -2.38. The normalized spacial score (nSPS) is 20.3. The molecule has 1 aliphatic rings. The fraction of sp³-hybridized carbons (Fsp3) is 0.632. The van der Waals surface area contributed by atoms with Crippen LogP contribution in [0.1, 0.15) is 39.2 Å². The van der Waals surface area contributed by atoms with Crippen LogP contribution in [0.15, 0.2) is 30.3 Å². The number of rotatable bonds is 8. The Morgan fingerprint density at radius 2 is 1.92 bits per heavy atom. The second-order valence-corrected chi connectivity index (χ2v) is 7.26. The van der Waals surface area contributed by atoms with Crippen LogP contribution in [0.4, 0.5) is 4.79 Å². The van der Waals surface area contributed by atoms with Crippen LogP contribution in [-0.4, -0.2) is 37.6 Å². The van der Waals surface area contributed by atoms with Crippen molar-refractivity contribution in [3.63, 3.8) is 0 Å². The van der Waals surface area contributed by atoms with E-state index in [4.69, 9.17) is 14.2 Å². The number of nitrogens with one attached hydrogen (secondary N) is 1. The van der Waals surface area contributed by atoms with Crippen LogP contribution in [0.25, 0.3) is 0 Å². The van der Waals surface area contributed by atoms with Gasteiger partial charge in [-0.25, -0.2) is 4.79 Å². The molecule has 5 heteroatoms. The first kappa shape index (κ1) is 18.7. The second kappa shape index (κ2) is 9.04. The van der Waals surface area contributed by atoms with Gasteiger partial charge in [-0.3, -0.25) is 0 Å². The molecule has 0 saturated heterocycles. The zero-order chi connectivity index (χ0) is 17.4. The van der Waals surface area contributed by atoms with Crippen LogP contribution >= 0.6 is 0 Å². The van der Waals surface area contributed by atoms with Gasteiger partial charge in [0.2, 0.25) is 0 Å². The minimum absolute atomic E-state index is 0.288. The molecule has 0 heterocycles. The van der Waals surface area contributed by atoms with Gasteiger partial charge in [0.15, 0.2) is 0 Å². The molecule has 5 nitrogen and oxygen atoms in total. The summed E-state index contributed by atoms with van der Waals surface area (Å²) in [5, 5.41) is 2.70. The summed E-state index contributed by atoms with van der Waals surface area (Å²) in [5.41, 5.74) is 0.740. The van der Waals surface area contributed by atoms with Crippen molar-refractivity contribution in [3.05, 3.63) is 35.9 Å². The van der Waals surface area contributed by atoms with Crippen molar-refractivity contribution in [2.75, 3.05) is 19.8 Å². The van der Waals surface area contributed by atoms with Crippen molar-refractivity contribution in [3.8, 4) is 0 Å². The molecule has 134 valence electrons. The van der Waals surface area contributed by atoms with Gasteiger partial charge < -0.3 is 19.5 Å². The van der Waals surface area contributed by atoms with Crippen LogP contribution < -0.4 is 5.32 Å². The quantitative estimate of drug-likeness (QED) is 0.739. The van der Waals surface area contributed by atoms with Crippen molar-refractivity contribution in [2.24, 2.45) is 5.92 Å². The standard InChI is InChI=1S/C19H29NO4/c1-19(2,3)24-18(21)20-9-10-23-17-11-16(12-17)14-22-13-15-7-5-4-6-8-15/h4-8,16-17H,9-14H2,1-3H3,(H,20,21)/t16-,17-. The number of ether oxygens (including phenoxy) is 3. The Morgan fingerprint density at radius 1 is 1.21 bits per heavy atom. The fourth-order valence-corrected chi connectivity index (χ4v) is 2.56. The smallest absolute Gasteiger partial charge is 0.407 e. The Bertz CT molecular complexity index is 492. The van der Waals surface area contributed by atoms with E-state index in [-0.39, 0.29) is 6.10 Å². The van der Waals surface area contributed by atoms with E-state index >= 15 is 0 Å². The van der Waals surface area contributed by atoms with Crippen LogP contribution in [-0.2, 0) is 20.8 Å². The number of amides is 1. The number of benzene rings is 1. The Labute approximate surface area is 144 Å². The highest BCUT2D eigenvalue weighted by Gasteiger charge is 2.29. The van der Waals surface area contributed by atoms with Gasteiger partial charge in [-0.2, -0.15) is 0 Å². The van der Waals surface area contributed by atoms with Crippen molar-refractivity contribution in [1.29, 1.82) is 0 Å². The molecule has 0 bridgehead atoms. The third-order valence-electron chi connectivity index (χ3n) is 3.78. The Hall–Kier alpha value is -1.59. The fourth-order valence-electron chi connectivity index (χ4n) is 2.56. The first-order chi connectivity index (χ1) is 11.4. The molecule has 0 unspecified atom stereocenters. The Kier molecular flexibility index (Phi) is 7.06. The highest BCUT2D eigenvalue weighted by atomic mass is 16.6. The zero-order valence-corrected chi connectivity index (χ0v) is 14.9. The van der Waals surface area contributed by atoms with Gasteiger partial charge >= 0.3 is 6.09 Å². The Balaban J connectivity index is 1.45. The van der Waals surface area contributed by atoms with Gasteiger partial charge in [0.1, 0.15) is 5.60 Å². The zero-order valence-electron chi connectivity index (χ0n) is 14.9. The number of alkyl carbamates (subject to hydrolysis) is 1. The third-order valence-corrected chi connectivity index (χ3v) is 3.78. The lowest BCUT2D eigenvalue weighted by molar-refractivity contribution is -0.0574. The van der Waals surface area contributed by atoms with E-state index < -0.39 is 11.7 Å². The van der Waals surface area contributed by atoms with Crippen LogP contribution in [0.3, 0.4) is 0 Å². The highest BCUT2D eigenvalue weighted by Crippen LogP contribution is 2.30. The van der Waals surface area contributed by atoms with E-state index in [1.807, 2.05) is 39.0 Å². The highest BCUT2D eigenvalue weighted by molar-refractivity contribution is 5.67. The predicted octanol–water partition coefficient (Wildman–Crippen LogP) is 3.52. The summed E-state index contributed by atoms with van der Waals surface area (Å²) in [6, 6.07) is 10.2. The molecule has 1 saturated carbocycles. The molecule has 0 radical (unpaired) electrons. The first-order valence-corrected chi connectivity index (χ1v) is 8.62. The monoisotopic (exact) mass is 335 g/mol. The van der Waals surface area contributed by atoms with E-state index in [1.54, 1.807) is 0 Å². The molecule has 0 spiro atoms. The van der Waals surface area contributed by atoms with Crippen molar-refractivity contribution >= 4 is 6.09 Å². The van der Waals surface area contributed by atoms with E-state index in [1.165, 1.54) is 5.56 Å². The SMILES string of the molecule is CC(C)(C)OC(=O)NCCO[C@H]1C[C@H](COCc2ccccc2)C1. The van der Waals surface area contributed by atoms with Crippen molar-refractivity contribution in [2.45, 2.75) is 51.9 Å². The number of carbonyl (C=O) groups excluding carboxylic acids is 1. The van der Waals surface area contributed by atoms with E-state index in [9.17, 15) is 4.79 Å². The molecule has 24 heavy (non-hydrogen) atoms. The molecule has 1 aliphatic carbocycles. The molecule has 2 rings (SSSR count). The van der Waals surface area contributed by atoms with E-state index in [0.717, 1.165) is 19.4 Å². The molecule has 0 atom stereocenters. The average Bonchev–Trinajstić information content (AvgIpc) is 2.47. The molecule has 1 aromatic carbocycles. The Morgan fingerprint density at radius 3 is 2.58 bits per heavy atom. The van der Waals surface area contributed by atoms with Gasteiger partial charge in [0, 0.05) is 6.54 Å². The van der Waals surface area contributed by atoms with Gasteiger partial charge in [0.05, 0.1) is 25.9 Å². The molecular formula is C19H29NO4. The minimum atomic E-state index is -0.466. The van der Waals surface area contributed by atoms with Gasteiger partial charge in [-0.15, -0.1) is 0 Å². The molecule has 1 amide bonds. The summed E-state index contributed by atoms with van der Waals surface area (Å²) in [6.07, 6.45) is 1.95. The van der Waals surface area contributed by atoms with Crippen molar-refractivity contribution in [1.82, 2.24) is 5.32 Å². The first-order valence-electron chi connectivity index (χ1n) is 8.62. The molecule has 1 aromatic rings. The number of hydrogen-bond acceptors (Lipinski definition) is 4. The lowest BCUT2D eigenvalue weighted by atomic mass is 9.83. The summed E-state index contributed by atoms with van der Waals surface area (Å²) < 4.78 is 16.6. The lowest BCUT2D eigenvalue weighted by Gasteiger charge is -2.35. The molecule has 0 aromatic heterocycles. The number of hydrogen-bond donors (Lipinski definition) is 1. The van der Waals surface area contributed by atoms with E-state index in [0.29, 0.717) is 25.7 Å². The maximum Gasteiger partial charge on any atom is 0.407 e. The van der Waals surface area contributed by atoms with Crippen LogP contribution in [0, 0.1) is 5.92 Å². The van der Waals surface area contributed by atoms with Crippen LogP contribution in [0.2, 0.25) is 0 Å². The van der Waals surface area contributed by atoms with Crippen LogP contribution in [0.5, 0.6) is 0 Å². The second-order valence-electron chi connectivity index (χ2n) is 7.26. The molecule has 0 aliphatic heterocycles. The van der Waals surface area contributed by atoms with Gasteiger partial charge in [-0.1, -0.05) is 30.3 Å². The topological polar surface area (TPSA) is 56.8 Å². The summed E-state index contributed by atoms with van der Waals surface area (Å²) in [7, 11) is 0. The summed E-state index contributed by atoms with van der Waals surface area (Å²) >= 11 is 0. The number of carbonyl (C=O) groups is 1. The predicted molar refractivity (Wildman–Crippen MR) is 92.8 cm³/mol. The average molecular weight is 335 g/mol. The molecular weight excluding hydrogens is 306 g/mol.